The topological polar surface area (TPSA) is 59.8 Å². The van der Waals surface area contributed by atoms with Crippen molar-refractivity contribution in [3.8, 4) is 17.3 Å². The highest BCUT2D eigenvalue weighted by Gasteiger charge is 2.23. The van der Waals surface area contributed by atoms with Gasteiger partial charge in [-0.1, -0.05) is 51.1 Å². The summed E-state index contributed by atoms with van der Waals surface area (Å²) in [6.45, 7) is 10.9. The number of aliphatic hydroxyl groups excluding tert-OH is 1. The second-order valence-corrected chi connectivity index (χ2v) is 8.97. The van der Waals surface area contributed by atoms with Crippen molar-refractivity contribution in [2.75, 3.05) is 26.3 Å². The van der Waals surface area contributed by atoms with E-state index in [4.69, 9.17) is 14.6 Å². The van der Waals surface area contributed by atoms with E-state index in [2.05, 4.69) is 25.7 Å². The van der Waals surface area contributed by atoms with Crippen LogP contribution >= 0.6 is 0 Å². The van der Waals surface area contributed by atoms with E-state index in [0.29, 0.717) is 38.1 Å². The van der Waals surface area contributed by atoms with Gasteiger partial charge in [0.15, 0.2) is 11.6 Å². The van der Waals surface area contributed by atoms with Gasteiger partial charge in [-0.05, 0) is 50.1 Å². The van der Waals surface area contributed by atoms with E-state index in [1.165, 1.54) is 6.07 Å². The maximum absolute atomic E-state index is 14.5. The molecule has 0 spiro atoms. The predicted molar refractivity (Wildman–Crippen MR) is 132 cm³/mol. The Morgan fingerprint density at radius 1 is 1.06 bits per heavy atom. The highest BCUT2D eigenvalue weighted by atomic mass is 19.1. The molecule has 2 aromatic carbocycles. The Morgan fingerprint density at radius 3 is 2.44 bits per heavy atom. The molecule has 0 radical (unpaired) electrons. The molecule has 0 fully saturated rings. The summed E-state index contributed by atoms with van der Waals surface area (Å²) in [7, 11) is 0. The number of nitrogens with zero attached hydrogens (tertiary/aromatic N) is 3. The van der Waals surface area contributed by atoms with E-state index in [-0.39, 0.29) is 5.75 Å². The quantitative estimate of drug-likeness (QED) is 0.365. The summed E-state index contributed by atoms with van der Waals surface area (Å²) in [4.78, 5) is 2.16. The molecule has 0 bridgehead atoms. The Labute approximate surface area is 201 Å². The number of halogens is 1. The van der Waals surface area contributed by atoms with Gasteiger partial charge in [-0.3, -0.25) is 4.90 Å². The van der Waals surface area contributed by atoms with Crippen molar-refractivity contribution >= 4 is 0 Å². The molecular formula is C27H36FN3O3. The number of rotatable bonds is 13. The summed E-state index contributed by atoms with van der Waals surface area (Å²) in [6.07, 6.45) is 0.320. The Balaban J connectivity index is 1.89. The SMILES string of the molecule is CCCN(Cc1c(C)nn(-c2ccccc2)c1Oc1ccccc1F)C[C@@H](O)COCC(C)C. The minimum Gasteiger partial charge on any atom is -0.435 e. The van der Waals surface area contributed by atoms with Gasteiger partial charge in [0.1, 0.15) is 0 Å². The fourth-order valence-electron chi connectivity index (χ4n) is 3.77. The van der Waals surface area contributed by atoms with E-state index < -0.39 is 11.9 Å². The van der Waals surface area contributed by atoms with Crippen molar-refractivity contribution in [3.63, 3.8) is 0 Å². The maximum Gasteiger partial charge on any atom is 0.227 e. The molecule has 0 saturated carbocycles. The summed E-state index contributed by atoms with van der Waals surface area (Å²) in [5, 5.41) is 15.3. The number of ether oxygens (including phenoxy) is 2. The van der Waals surface area contributed by atoms with Crippen molar-refractivity contribution < 1.29 is 19.0 Å². The number of aryl methyl sites for hydroxylation is 1. The van der Waals surface area contributed by atoms with Gasteiger partial charge in [-0.15, -0.1) is 0 Å². The van der Waals surface area contributed by atoms with Crippen LogP contribution in [0.15, 0.2) is 54.6 Å². The van der Waals surface area contributed by atoms with Crippen molar-refractivity contribution in [1.29, 1.82) is 0 Å². The lowest BCUT2D eigenvalue weighted by Crippen LogP contribution is -2.35. The smallest absolute Gasteiger partial charge is 0.227 e. The Hall–Kier alpha value is -2.74. The monoisotopic (exact) mass is 469 g/mol. The first-order chi connectivity index (χ1) is 16.4. The van der Waals surface area contributed by atoms with Crippen LogP contribution in [0.1, 0.15) is 38.4 Å². The molecule has 0 saturated heterocycles. The number of para-hydroxylation sites is 2. The lowest BCUT2D eigenvalue weighted by Gasteiger charge is -2.25. The van der Waals surface area contributed by atoms with E-state index >= 15 is 0 Å². The Kier molecular flexibility index (Phi) is 9.62. The molecule has 7 heteroatoms. The third-order valence-corrected chi connectivity index (χ3v) is 5.33. The van der Waals surface area contributed by atoms with E-state index in [0.717, 1.165) is 29.9 Å². The van der Waals surface area contributed by atoms with Gasteiger partial charge in [0, 0.05) is 19.7 Å². The fourth-order valence-corrected chi connectivity index (χ4v) is 3.77. The molecular weight excluding hydrogens is 433 g/mol. The molecule has 3 aromatic rings. The van der Waals surface area contributed by atoms with Gasteiger partial charge < -0.3 is 14.6 Å². The molecule has 1 atom stereocenters. The molecule has 34 heavy (non-hydrogen) atoms. The van der Waals surface area contributed by atoms with Crippen LogP contribution in [0.25, 0.3) is 5.69 Å². The zero-order chi connectivity index (χ0) is 24.5. The molecule has 3 rings (SSSR count). The normalized spacial score (nSPS) is 12.5. The maximum atomic E-state index is 14.5. The van der Waals surface area contributed by atoms with Crippen molar-refractivity contribution in [2.45, 2.75) is 46.8 Å². The van der Waals surface area contributed by atoms with E-state index in [1.54, 1.807) is 22.9 Å². The van der Waals surface area contributed by atoms with Gasteiger partial charge in [-0.25, -0.2) is 9.07 Å². The van der Waals surface area contributed by atoms with Gasteiger partial charge in [-0.2, -0.15) is 5.10 Å². The van der Waals surface area contributed by atoms with Crippen LogP contribution in [0.5, 0.6) is 11.6 Å². The number of benzene rings is 2. The third kappa shape index (κ3) is 7.13. The van der Waals surface area contributed by atoms with Crippen LogP contribution in [0.3, 0.4) is 0 Å². The summed E-state index contributed by atoms with van der Waals surface area (Å²) in [6, 6.07) is 16.0. The molecule has 0 unspecified atom stereocenters. The second kappa shape index (κ2) is 12.6. The highest BCUT2D eigenvalue weighted by Crippen LogP contribution is 2.32. The highest BCUT2D eigenvalue weighted by molar-refractivity contribution is 5.43. The van der Waals surface area contributed by atoms with Crippen LogP contribution in [-0.2, 0) is 11.3 Å². The van der Waals surface area contributed by atoms with Gasteiger partial charge in [0.05, 0.1) is 29.7 Å². The van der Waals surface area contributed by atoms with Crippen LogP contribution < -0.4 is 4.74 Å². The number of hydrogen-bond acceptors (Lipinski definition) is 5. The minimum absolute atomic E-state index is 0.144. The first-order valence-corrected chi connectivity index (χ1v) is 11.9. The van der Waals surface area contributed by atoms with Gasteiger partial charge in [0.25, 0.3) is 0 Å². The third-order valence-electron chi connectivity index (χ3n) is 5.33. The Bertz CT molecular complexity index is 1020. The van der Waals surface area contributed by atoms with Gasteiger partial charge >= 0.3 is 0 Å². The molecule has 1 aromatic heterocycles. The average molecular weight is 470 g/mol. The predicted octanol–water partition coefficient (Wildman–Crippen LogP) is 5.36. The zero-order valence-corrected chi connectivity index (χ0v) is 20.6. The lowest BCUT2D eigenvalue weighted by atomic mass is 10.2. The lowest BCUT2D eigenvalue weighted by molar-refractivity contribution is 0.00681. The Morgan fingerprint density at radius 2 is 1.76 bits per heavy atom. The molecule has 0 amide bonds. The van der Waals surface area contributed by atoms with Crippen molar-refractivity contribution in [2.24, 2.45) is 5.92 Å². The first-order valence-electron chi connectivity index (χ1n) is 11.9. The second-order valence-electron chi connectivity index (χ2n) is 8.97. The fraction of sp³-hybridized carbons (Fsp3) is 0.444. The molecule has 0 aliphatic heterocycles. The van der Waals surface area contributed by atoms with E-state index in [1.807, 2.05) is 37.3 Å². The summed E-state index contributed by atoms with van der Waals surface area (Å²) in [5.74, 6) is 0.601. The van der Waals surface area contributed by atoms with Crippen LogP contribution in [0.2, 0.25) is 0 Å². The summed E-state index contributed by atoms with van der Waals surface area (Å²) in [5.41, 5.74) is 2.48. The molecule has 1 heterocycles. The number of hydrogen-bond donors (Lipinski definition) is 1. The summed E-state index contributed by atoms with van der Waals surface area (Å²) >= 11 is 0. The van der Waals surface area contributed by atoms with Crippen LogP contribution in [-0.4, -0.2) is 52.2 Å². The molecule has 6 nitrogen and oxygen atoms in total. The van der Waals surface area contributed by atoms with Crippen LogP contribution in [0.4, 0.5) is 4.39 Å². The minimum atomic E-state index is -0.606. The largest absolute Gasteiger partial charge is 0.435 e. The van der Waals surface area contributed by atoms with Gasteiger partial charge in [0.2, 0.25) is 5.88 Å². The van der Waals surface area contributed by atoms with E-state index in [9.17, 15) is 9.50 Å². The standard InChI is InChI=1S/C27H36FN3O3/c1-5-15-30(16-23(32)19-33-18-20(2)3)17-24-21(4)29-31(22-11-7-6-8-12-22)27(24)34-26-14-10-9-13-25(26)28/h6-14,20,23,32H,5,15-19H2,1-4H3/t23-/m1/s1. The van der Waals surface area contributed by atoms with Crippen molar-refractivity contribution in [3.05, 3.63) is 71.7 Å². The molecule has 0 aliphatic rings. The number of aromatic nitrogens is 2. The zero-order valence-electron chi connectivity index (χ0n) is 20.6. The number of aliphatic hydroxyl groups is 1. The summed E-state index contributed by atoms with van der Waals surface area (Å²) < 4.78 is 27.9. The van der Waals surface area contributed by atoms with Crippen molar-refractivity contribution in [1.82, 2.24) is 14.7 Å². The molecule has 184 valence electrons. The average Bonchev–Trinajstić information content (AvgIpc) is 3.11. The first kappa shape index (κ1) is 25.9. The molecule has 1 N–H and O–H groups in total. The molecule has 0 aliphatic carbocycles. The van der Waals surface area contributed by atoms with Crippen LogP contribution in [0, 0.1) is 18.7 Å².